The lowest BCUT2D eigenvalue weighted by atomic mass is 9.88. The molecule has 0 saturated carbocycles. The van der Waals surface area contributed by atoms with Crippen LogP contribution in [0.2, 0.25) is 0 Å². The zero-order valence-electron chi connectivity index (χ0n) is 9.66. The van der Waals surface area contributed by atoms with E-state index >= 15 is 0 Å². The third-order valence-corrected chi connectivity index (χ3v) is 3.16. The zero-order chi connectivity index (χ0) is 10.6. The highest BCUT2D eigenvalue weighted by Crippen LogP contribution is 2.29. The molecule has 0 aromatic rings. The SMILES string of the molecule is CCC1CC(OC)C(COC)OC1C. The molecule has 0 amide bonds. The quantitative estimate of drug-likeness (QED) is 0.696. The van der Waals surface area contributed by atoms with E-state index in [0.717, 1.165) is 12.8 Å². The molecule has 1 fully saturated rings. The highest BCUT2D eigenvalue weighted by atomic mass is 16.6. The number of rotatable bonds is 4. The summed E-state index contributed by atoms with van der Waals surface area (Å²) in [6.45, 7) is 4.97. The van der Waals surface area contributed by atoms with E-state index in [4.69, 9.17) is 14.2 Å². The first kappa shape index (κ1) is 12.0. The van der Waals surface area contributed by atoms with E-state index in [1.54, 1.807) is 14.2 Å². The molecule has 1 saturated heterocycles. The Morgan fingerprint density at radius 2 is 2.07 bits per heavy atom. The lowest BCUT2D eigenvalue weighted by molar-refractivity contribution is -0.165. The van der Waals surface area contributed by atoms with Gasteiger partial charge in [-0.2, -0.15) is 0 Å². The Labute approximate surface area is 86.7 Å². The van der Waals surface area contributed by atoms with Crippen molar-refractivity contribution in [3.8, 4) is 0 Å². The second kappa shape index (κ2) is 5.69. The van der Waals surface area contributed by atoms with Gasteiger partial charge in [0.1, 0.15) is 6.10 Å². The van der Waals surface area contributed by atoms with Crippen molar-refractivity contribution in [2.75, 3.05) is 20.8 Å². The van der Waals surface area contributed by atoms with Gasteiger partial charge in [-0.1, -0.05) is 13.3 Å². The van der Waals surface area contributed by atoms with Crippen LogP contribution in [0, 0.1) is 5.92 Å². The van der Waals surface area contributed by atoms with Crippen LogP contribution in [0.4, 0.5) is 0 Å². The maximum Gasteiger partial charge on any atom is 0.107 e. The molecule has 3 nitrogen and oxygen atoms in total. The first-order valence-corrected chi connectivity index (χ1v) is 5.40. The molecule has 0 bridgehead atoms. The van der Waals surface area contributed by atoms with Gasteiger partial charge in [0.25, 0.3) is 0 Å². The van der Waals surface area contributed by atoms with Gasteiger partial charge in [0.15, 0.2) is 0 Å². The fourth-order valence-corrected chi connectivity index (χ4v) is 2.17. The van der Waals surface area contributed by atoms with Gasteiger partial charge in [0, 0.05) is 14.2 Å². The summed E-state index contributed by atoms with van der Waals surface area (Å²) in [5.74, 6) is 0.619. The lowest BCUT2D eigenvalue weighted by Gasteiger charge is -2.39. The molecule has 0 aromatic heterocycles. The molecule has 1 heterocycles. The molecule has 1 aliphatic heterocycles. The Bertz CT molecular complexity index is 161. The van der Waals surface area contributed by atoms with Crippen molar-refractivity contribution in [3.05, 3.63) is 0 Å². The Hall–Kier alpha value is -0.120. The van der Waals surface area contributed by atoms with Crippen LogP contribution in [0.1, 0.15) is 26.7 Å². The largest absolute Gasteiger partial charge is 0.382 e. The Balaban J connectivity index is 2.53. The summed E-state index contributed by atoms with van der Waals surface area (Å²) >= 11 is 0. The minimum absolute atomic E-state index is 0.0998. The lowest BCUT2D eigenvalue weighted by Crippen LogP contribution is -2.46. The molecule has 0 spiro atoms. The molecular formula is C11H22O3. The average Bonchev–Trinajstić information content (AvgIpc) is 2.19. The predicted octanol–water partition coefficient (Wildman–Crippen LogP) is 1.85. The van der Waals surface area contributed by atoms with Crippen molar-refractivity contribution in [3.63, 3.8) is 0 Å². The van der Waals surface area contributed by atoms with Crippen LogP contribution in [0.3, 0.4) is 0 Å². The summed E-state index contributed by atoms with van der Waals surface area (Å²) in [6.07, 6.45) is 2.86. The fraction of sp³-hybridized carbons (Fsp3) is 1.00. The average molecular weight is 202 g/mol. The van der Waals surface area contributed by atoms with Crippen molar-refractivity contribution in [2.45, 2.75) is 45.0 Å². The molecule has 4 atom stereocenters. The van der Waals surface area contributed by atoms with Crippen molar-refractivity contribution in [1.29, 1.82) is 0 Å². The highest BCUT2D eigenvalue weighted by Gasteiger charge is 2.34. The summed E-state index contributed by atoms with van der Waals surface area (Å²) in [5, 5.41) is 0. The van der Waals surface area contributed by atoms with Gasteiger partial charge in [-0.15, -0.1) is 0 Å². The van der Waals surface area contributed by atoms with Gasteiger partial charge in [-0.05, 0) is 19.3 Å². The molecule has 1 rings (SSSR count). The van der Waals surface area contributed by atoms with Gasteiger partial charge in [0.2, 0.25) is 0 Å². The molecule has 14 heavy (non-hydrogen) atoms. The third kappa shape index (κ3) is 2.69. The molecular weight excluding hydrogens is 180 g/mol. The maximum atomic E-state index is 5.88. The summed E-state index contributed by atoms with van der Waals surface area (Å²) in [4.78, 5) is 0. The van der Waals surface area contributed by atoms with Crippen molar-refractivity contribution < 1.29 is 14.2 Å². The first-order valence-electron chi connectivity index (χ1n) is 5.40. The van der Waals surface area contributed by atoms with Crippen LogP contribution in [-0.2, 0) is 14.2 Å². The van der Waals surface area contributed by atoms with E-state index in [2.05, 4.69) is 13.8 Å². The van der Waals surface area contributed by atoms with E-state index in [0.29, 0.717) is 18.6 Å². The first-order chi connectivity index (χ1) is 6.72. The number of methoxy groups -OCH3 is 2. The number of hydrogen-bond donors (Lipinski definition) is 0. The van der Waals surface area contributed by atoms with Gasteiger partial charge >= 0.3 is 0 Å². The smallest absolute Gasteiger partial charge is 0.107 e. The van der Waals surface area contributed by atoms with Gasteiger partial charge in [0.05, 0.1) is 18.8 Å². The van der Waals surface area contributed by atoms with Crippen LogP contribution < -0.4 is 0 Å². The molecule has 1 aliphatic rings. The van der Waals surface area contributed by atoms with Crippen LogP contribution in [-0.4, -0.2) is 39.1 Å². The summed E-state index contributed by atoms with van der Waals surface area (Å²) in [7, 11) is 3.45. The van der Waals surface area contributed by atoms with E-state index in [1.807, 2.05) is 0 Å². The van der Waals surface area contributed by atoms with Crippen molar-refractivity contribution in [1.82, 2.24) is 0 Å². The number of hydrogen-bond acceptors (Lipinski definition) is 3. The predicted molar refractivity (Wildman–Crippen MR) is 55.4 cm³/mol. The maximum absolute atomic E-state index is 5.88. The molecule has 3 heteroatoms. The van der Waals surface area contributed by atoms with Crippen molar-refractivity contribution in [2.24, 2.45) is 5.92 Å². The van der Waals surface area contributed by atoms with Gasteiger partial charge in [-0.3, -0.25) is 0 Å². The molecule has 84 valence electrons. The number of ether oxygens (including phenoxy) is 3. The Kier molecular flexibility index (Phi) is 4.85. The Morgan fingerprint density at radius 3 is 2.57 bits per heavy atom. The van der Waals surface area contributed by atoms with E-state index in [1.165, 1.54) is 0 Å². The van der Waals surface area contributed by atoms with E-state index in [-0.39, 0.29) is 12.2 Å². The molecule has 0 aliphatic carbocycles. The topological polar surface area (TPSA) is 27.7 Å². The normalized spacial score (nSPS) is 38.6. The van der Waals surface area contributed by atoms with E-state index in [9.17, 15) is 0 Å². The van der Waals surface area contributed by atoms with Crippen LogP contribution >= 0.6 is 0 Å². The third-order valence-electron chi connectivity index (χ3n) is 3.16. The molecule has 0 N–H and O–H groups in total. The Morgan fingerprint density at radius 1 is 1.36 bits per heavy atom. The molecule has 4 unspecified atom stereocenters. The second-order valence-electron chi connectivity index (χ2n) is 4.01. The van der Waals surface area contributed by atoms with Crippen LogP contribution in [0.15, 0.2) is 0 Å². The molecule has 0 radical (unpaired) electrons. The summed E-state index contributed by atoms with van der Waals surface area (Å²) < 4.78 is 16.4. The highest BCUT2D eigenvalue weighted by molar-refractivity contribution is 4.83. The summed E-state index contributed by atoms with van der Waals surface area (Å²) in [6, 6.07) is 0. The standard InChI is InChI=1S/C11H22O3/c1-5-9-6-10(13-4)11(7-12-3)14-8(9)2/h8-11H,5-7H2,1-4H3. The van der Waals surface area contributed by atoms with Crippen molar-refractivity contribution >= 4 is 0 Å². The van der Waals surface area contributed by atoms with Gasteiger partial charge in [-0.25, -0.2) is 0 Å². The minimum atomic E-state index is 0.0998. The van der Waals surface area contributed by atoms with E-state index < -0.39 is 0 Å². The van der Waals surface area contributed by atoms with Crippen LogP contribution in [0.5, 0.6) is 0 Å². The fourth-order valence-electron chi connectivity index (χ4n) is 2.17. The van der Waals surface area contributed by atoms with Crippen LogP contribution in [0.25, 0.3) is 0 Å². The monoisotopic (exact) mass is 202 g/mol. The summed E-state index contributed by atoms with van der Waals surface area (Å²) in [5.41, 5.74) is 0. The molecule has 0 aromatic carbocycles. The zero-order valence-corrected chi connectivity index (χ0v) is 9.66. The van der Waals surface area contributed by atoms with Gasteiger partial charge < -0.3 is 14.2 Å². The second-order valence-corrected chi connectivity index (χ2v) is 4.01. The minimum Gasteiger partial charge on any atom is -0.382 e.